The van der Waals surface area contributed by atoms with Crippen LogP contribution in [0.2, 0.25) is 5.02 Å². The maximum absolute atomic E-state index is 11.4. The minimum absolute atomic E-state index is 0.0516. The first-order chi connectivity index (χ1) is 8.91. The summed E-state index contributed by atoms with van der Waals surface area (Å²) >= 11 is 6.11. The normalized spacial score (nSPS) is 12.1. The molecule has 1 amide bonds. The van der Waals surface area contributed by atoms with E-state index < -0.39 is 0 Å². The van der Waals surface area contributed by atoms with Crippen molar-refractivity contribution in [3.8, 4) is 5.75 Å². The van der Waals surface area contributed by atoms with Gasteiger partial charge in [-0.25, -0.2) is 0 Å². The number of carbonyl (C=O) groups is 1. The molecule has 5 heteroatoms. The second-order valence-electron chi connectivity index (χ2n) is 4.72. The summed E-state index contributed by atoms with van der Waals surface area (Å²) in [5.74, 6) is 0.727. The maximum Gasteiger partial charge on any atom is 0.222 e. The van der Waals surface area contributed by atoms with Gasteiger partial charge in [-0.05, 0) is 31.0 Å². The van der Waals surface area contributed by atoms with Gasteiger partial charge in [-0.1, -0.05) is 17.7 Å². The molecule has 0 spiro atoms. The molecule has 0 aromatic heterocycles. The third-order valence-electron chi connectivity index (χ3n) is 2.77. The maximum atomic E-state index is 11.4. The van der Waals surface area contributed by atoms with E-state index in [1.165, 1.54) is 0 Å². The van der Waals surface area contributed by atoms with Crippen LogP contribution < -0.4 is 10.5 Å². The third-order valence-corrected chi connectivity index (χ3v) is 3.07. The monoisotopic (exact) mass is 284 g/mol. The van der Waals surface area contributed by atoms with Crippen LogP contribution in [0.5, 0.6) is 5.75 Å². The van der Waals surface area contributed by atoms with Crippen LogP contribution in [0.3, 0.4) is 0 Å². The Kier molecular flexibility index (Phi) is 6.12. The lowest BCUT2D eigenvalue weighted by Gasteiger charge is -2.12. The quantitative estimate of drug-likeness (QED) is 0.817. The van der Waals surface area contributed by atoms with Crippen molar-refractivity contribution < 1.29 is 9.53 Å². The highest BCUT2D eigenvalue weighted by Crippen LogP contribution is 2.27. The van der Waals surface area contributed by atoms with Crippen molar-refractivity contribution in [3.05, 3.63) is 28.8 Å². The number of carbonyl (C=O) groups excluding carboxylic acids is 1. The van der Waals surface area contributed by atoms with Gasteiger partial charge in [0.1, 0.15) is 5.75 Å². The van der Waals surface area contributed by atoms with Gasteiger partial charge < -0.3 is 15.4 Å². The van der Waals surface area contributed by atoms with Crippen molar-refractivity contribution in [2.75, 3.05) is 20.7 Å². The Labute approximate surface area is 119 Å². The summed E-state index contributed by atoms with van der Waals surface area (Å²) in [6.07, 6.45) is 1.14. The second kappa shape index (κ2) is 7.36. The van der Waals surface area contributed by atoms with Crippen LogP contribution in [0.15, 0.2) is 18.2 Å². The predicted molar refractivity (Wildman–Crippen MR) is 77.5 cm³/mol. The van der Waals surface area contributed by atoms with Crippen molar-refractivity contribution in [1.29, 1.82) is 0 Å². The Bertz CT molecular complexity index is 433. The molecular weight excluding hydrogens is 264 g/mol. The van der Waals surface area contributed by atoms with Crippen molar-refractivity contribution in [2.45, 2.75) is 25.8 Å². The fraction of sp³-hybridized carbons (Fsp3) is 0.500. The van der Waals surface area contributed by atoms with E-state index >= 15 is 0 Å². The summed E-state index contributed by atoms with van der Waals surface area (Å²) in [6, 6.07) is 5.47. The van der Waals surface area contributed by atoms with Gasteiger partial charge in [-0.15, -0.1) is 0 Å². The first-order valence-electron chi connectivity index (χ1n) is 6.29. The highest BCUT2D eigenvalue weighted by Gasteiger charge is 2.07. The van der Waals surface area contributed by atoms with E-state index in [0.717, 1.165) is 5.56 Å². The van der Waals surface area contributed by atoms with Crippen LogP contribution in [0.1, 0.15) is 31.4 Å². The Balaban J connectivity index is 2.44. The number of hydrogen-bond acceptors (Lipinski definition) is 3. The molecule has 106 valence electrons. The van der Waals surface area contributed by atoms with Crippen LogP contribution in [0, 0.1) is 0 Å². The zero-order chi connectivity index (χ0) is 14.4. The smallest absolute Gasteiger partial charge is 0.222 e. The highest BCUT2D eigenvalue weighted by atomic mass is 35.5. The van der Waals surface area contributed by atoms with Crippen LogP contribution in [0.25, 0.3) is 0 Å². The van der Waals surface area contributed by atoms with E-state index in [2.05, 4.69) is 0 Å². The fourth-order valence-corrected chi connectivity index (χ4v) is 1.79. The average Bonchev–Trinajstić information content (AvgIpc) is 2.35. The molecule has 0 aliphatic carbocycles. The predicted octanol–water partition coefficient (Wildman–Crippen LogP) is 2.61. The van der Waals surface area contributed by atoms with Gasteiger partial charge in [0.15, 0.2) is 0 Å². The van der Waals surface area contributed by atoms with E-state index in [1.54, 1.807) is 19.0 Å². The Morgan fingerprint density at radius 3 is 2.68 bits per heavy atom. The van der Waals surface area contributed by atoms with E-state index in [0.29, 0.717) is 30.2 Å². The van der Waals surface area contributed by atoms with E-state index in [4.69, 9.17) is 22.1 Å². The Morgan fingerprint density at radius 2 is 2.16 bits per heavy atom. The Hall–Kier alpha value is -1.26. The van der Waals surface area contributed by atoms with Gasteiger partial charge in [0, 0.05) is 26.6 Å². The summed E-state index contributed by atoms with van der Waals surface area (Å²) in [5, 5.41) is 0.550. The van der Waals surface area contributed by atoms with Crippen LogP contribution in [0.4, 0.5) is 0 Å². The summed E-state index contributed by atoms with van der Waals surface area (Å²) in [5.41, 5.74) is 6.75. The van der Waals surface area contributed by atoms with Crippen molar-refractivity contribution in [2.24, 2.45) is 5.73 Å². The van der Waals surface area contributed by atoms with Gasteiger partial charge in [-0.3, -0.25) is 4.79 Å². The van der Waals surface area contributed by atoms with Gasteiger partial charge in [0.2, 0.25) is 5.91 Å². The summed E-state index contributed by atoms with van der Waals surface area (Å²) < 4.78 is 5.56. The van der Waals surface area contributed by atoms with Gasteiger partial charge in [0.05, 0.1) is 11.6 Å². The summed E-state index contributed by atoms with van der Waals surface area (Å²) in [4.78, 5) is 12.9. The molecule has 0 saturated heterocycles. The summed E-state index contributed by atoms with van der Waals surface area (Å²) in [6.45, 7) is 2.37. The molecule has 0 aliphatic rings. The second-order valence-corrected chi connectivity index (χ2v) is 5.13. The molecule has 0 bridgehead atoms. The van der Waals surface area contributed by atoms with Crippen LogP contribution >= 0.6 is 11.6 Å². The number of nitrogens with zero attached hydrogens (tertiary/aromatic N) is 1. The molecule has 0 saturated carbocycles. The van der Waals surface area contributed by atoms with E-state index in [9.17, 15) is 4.79 Å². The highest BCUT2D eigenvalue weighted by molar-refractivity contribution is 6.32. The molecule has 1 aromatic carbocycles. The molecule has 1 unspecified atom stereocenters. The van der Waals surface area contributed by atoms with Gasteiger partial charge >= 0.3 is 0 Å². The zero-order valence-corrected chi connectivity index (χ0v) is 12.4. The lowest BCUT2D eigenvalue weighted by atomic mass is 10.1. The summed E-state index contributed by atoms with van der Waals surface area (Å²) in [7, 11) is 3.49. The lowest BCUT2D eigenvalue weighted by Crippen LogP contribution is -2.21. The number of ether oxygens (including phenoxy) is 1. The molecule has 4 nitrogen and oxygen atoms in total. The van der Waals surface area contributed by atoms with Crippen molar-refractivity contribution >= 4 is 17.5 Å². The largest absolute Gasteiger partial charge is 0.492 e. The molecule has 19 heavy (non-hydrogen) atoms. The van der Waals surface area contributed by atoms with Gasteiger partial charge in [0.25, 0.3) is 0 Å². The third kappa shape index (κ3) is 5.09. The number of nitrogens with two attached hydrogens (primary N) is 1. The first-order valence-corrected chi connectivity index (χ1v) is 6.67. The molecule has 0 fully saturated rings. The number of halogens is 1. The SMILES string of the molecule is CC(N)c1ccc(OCCCC(=O)N(C)C)c(Cl)c1. The van der Waals surface area contributed by atoms with E-state index in [-0.39, 0.29) is 11.9 Å². The fourth-order valence-electron chi connectivity index (χ4n) is 1.55. The minimum Gasteiger partial charge on any atom is -0.492 e. The average molecular weight is 285 g/mol. The van der Waals surface area contributed by atoms with Crippen molar-refractivity contribution in [3.63, 3.8) is 0 Å². The molecule has 1 atom stereocenters. The van der Waals surface area contributed by atoms with Crippen LogP contribution in [-0.4, -0.2) is 31.5 Å². The molecule has 1 rings (SSSR count). The number of benzene rings is 1. The molecule has 0 heterocycles. The number of rotatable bonds is 6. The molecular formula is C14H21ClN2O2. The minimum atomic E-state index is -0.0516. The van der Waals surface area contributed by atoms with Crippen LogP contribution in [-0.2, 0) is 4.79 Å². The topological polar surface area (TPSA) is 55.6 Å². The number of hydrogen-bond donors (Lipinski definition) is 1. The van der Waals surface area contributed by atoms with Crippen molar-refractivity contribution in [1.82, 2.24) is 4.90 Å². The molecule has 0 radical (unpaired) electrons. The van der Waals surface area contributed by atoms with E-state index in [1.807, 2.05) is 25.1 Å². The standard InChI is InChI=1S/C14H21ClN2O2/c1-10(16)11-6-7-13(12(15)9-11)19-8-4-5-14(18)17(2)3/h6-7,9-10H,4-5,8,16H2,1-3H3. The molecule has 1 aromatic rings. The lowest BCUT2D eigenvalue weighted by molar-refractivity contribution is -0.128. The Morgan fingerprint density at radius 1 is 1.47 bits per heavy atom. The first kappa shape index (κ1) is 15.8. The molecule has 0 aliphatic heterocycles. The molecule has 2 N–H and O–H groups in total. The number of amides is 1. The van der Waals surface area contributed by atoms with Gasteiger partial charge in [-0.2, -0.15) is 0 Å². The zero-order valence-electron chi connectivity index (χ0n) is 11.6.